The summed E-state index contributed by atoms with van der Waals surface area (Å²) in [4.78, 5) is 12.0. The highest BCUT2D eigenvalue weighted by Gasteiger charge is 2.36. The minimum absolute atomic E-state index is 0.0127. The molecule has 1 atom stereocenters. The van der Waals surface area contributed by atoms with Crippen molar-refractivity contribution in [1.29, 1.82) is 0 Å². The van der Waals surface area contributed by atoms with E-state index < -0.39 is 6.04 Å². The van der Waals surface area contributed by atoms with Crippen LogP contribution in [0.2, 0.25) is 0 Å². The molecule has 1 aliphatic rings. The first-order valence-electron chi connectivity index (χ1n) is 7.28. The maximum absolute atomic E-state index is 12.0. The number of benzene rings is 1. The van der Waals surface area contributed by atoms with Gasteiger partial charge in [0.15, 0.2) is 0 Å². The molecule has 1 aromatic rings. The number of rotatable bonds is 7. The van der Waals surface area contributed by atoms with Crippen molar-refractivity contribution in [2.75, 3.05) is 12.8 Å². The number of carbonyl (C=O) groups excluding carboxylic acids is 1. The highest BCUT2D eigenvalue weighted by Crippen LogP contribution is 2.42. The molecule has 0 radical (unpaired) electrons. The fourth-order valence-electron chi connectivity index (χ4n) is 2.50. The average molecular weight is 292 g/mol. The highest BCUT2D eigenvalue weighted by atomic mass is 32.2. The molecule has 110 valence electrons. The molecule has 1 aromatic carbocycles. The number of carbonyl (C=O) groups is 1. The zero-order valence-corrected chi connectivity index (χ0v) is 12.9. The summed E-state index contributed by atoms with van der Waals surface area (Å²) in [5.74, 6) is -0.0127. The van der Waals surface area contributed by atoms with Crippen LogP contribution in [0.5, 0.6) is 0 Å². The monoisotopic (exact) mass is 292 g/mol. The quantitative estimate of drug-likeness (QED) is 0.811. The lowest BCUT2D eigenvalue weighted by atomic mass is 9.84. The predicted octanol–water partition coefficient (Wildman–Crippen LogP) is 2.35. The van der Waals surface area contributed by atoms with Crippen molar-refractivity contribution in [2.24, 2.45) is 5.73 Å². The molecule has 0 heterocycles. The van der Waals surface area contributed by atoms with Crippen molar-refractivity contribution < 1.29 is 4.79 Å². The predicted molar refractivity (Wildman–Crippen MR) is 85.8 cm³/mol. The molecule has 0 unspecified atom stereocenters. The molecule has 1 aliphatic carbocycles. The van der Waals surface area contributed by atoms with Gasteiger partial charge in [-0.3, -0.25) is 4.79 Å². The summed E-state index contributed by atoms with van der Waals surface area (Å²) in [6.45, 7) is 0.756. The zero-order chi connectivity index (χ0) is 14.4. The van der Waals surface area contributed by atoms with Crippen LogP contribution < -0.4 is 11.1 Å². The third-order valence-electron chi connectivity index (χ3n) is 4.21. The van der Waals surface area contributed by atoms with E-state index in [2.05, 4.69) is 23.7 Å². The summed E-state index contributed by atoms with van der Waals surface area (Å²) in [5, 5.41) is 3.03. The molecule has 4 heteroatoms. The first kappa shape index (κ1) is 15.4. The van der Waals surface area contributed by atoms with Gasteiger partial charge in [-0.15, -0.1) is 0 Å². The summed E-state index contributed by atoms with van der Waals surface area (Å²) >= 11 is 1.87. The van der Waals surface area contributed by atoms with Crippen LogP contribution in [0.1, 0.15) is 31.2 Å². The van der Waals surface area contributed by atoms with E-state index in [1.165, 1.54) is 24.8 Å². The van der Waals surface area contributed by atoms with E-state index >= 15 is 0 Å². The van der Waals surface area contributed by atoms with Crippen LogP contribution in [0.15, 0.2) is 30.3 Å². The molecule has 20 heavy (non-hydrogen) atoms. The van der Waals surface area contributed by atoms with E-state index in [9.17, 15) is 4.79 Å². The lowest BCUT2D eigenvalue weighted by molar-refractivity contribution is -0.122. The largest absolute Gasteiger partial charge is 0.353 e. The number of nitrogens with one attached hydrogen (secondary N) is 1. The summed E-state index contributed by atoms with van der Waals surface area (Å²) in [6.07, 6.45) is 7.35. The number of hydrogen-bond donors (Lipinski definition) is 2. The normalized spacial score (nSPS) is 18.1. The first-order chi connectivity index (χ1) is 9.65. The number of aryl methyl sites for hydroxylation is 1. The van der Waals surface area contributed by atoms with Gasteiger partial charge in [0.1, 0.15) is 0 Å². The smallest absolute Gasteiger partial charge is 0.236 e. The van der Waals surface area contributed by atoms with Crippen LogP contribution in [0, 0.1) is 0 Å². The summed E-state index contributed by atoms with van der Waals surface area (Å²) in [5.41, 5.74) is 7.21. The third kappa shape index (κ3) is 4.00. The first-order valence-corrected chi connectivity index (χ1v) is 8.50. The Kier molecular flexibility index (Phi) is 5.49. The second kappa shape index (κ2) is 7.14. The standard InChI is InChI=1S/C16H24N2OS/c1-20-16(10-5-11-16)12-18-15(19)14(17)9-8-13-6-3-2-4-7-13/h2-4,6-7,14H,5,8-12,17H2,1H3,(H,18,19)/t14-/m0/s1. The van der Waals surface area contributed by atoms with E-state index in [0.29, 0.717) is 6.42 Å². The van der Waals surface area contributed by atoms with Gasteiger partial charge >= 0.3 is 0 Å². The zero-order valence-electron chi connectivity index (χ0n) is 12.1. The molecule has 0 aromatic heterocycles. The minimum atomic E-state index is -0.408. The van der Waals surface area contributed by atoms with Gasteiger partial charge in [0.2, 0.25) is 5.91 Å². The molecule has 1 fully saturated rings. The van der Waals surface area contributed by atoms with Crippen LogP contribution in [0.3, 0.4) is 0 Å². The molecule has 2 rings (SSSR count). The van der Waals surface area contributed by atoms with Gasteiger partial charge in [0.25, 0.3) is 0 Å². The molecular weight excluding hydrogens is 268 g/mol. The van der Waals surface area contributed by atoms with Crippen molar-refractivity contribution in [3.63, 3.8) is 0 Å². The van der Waals surface area contributed by atoms with Gasteiger partial charge in [-0.05, 0) is 37.5 Å². The van der Waals surface area contributed by atoms with Gasteiger partial charge in [-0.2, -0.15) is 11.8 Å². The minimum Gasteiger partial charge on any atom is -0.353 e. The third-order valence-corrected chi connectivity index (χ3v) is 5.62. The SMILES string of the molecule is CSC1(CNC(=O)[C@@H](N)CCc2ccccc2)CCC1. The number of hydrogen-bond acceptors (Lipinski definition) is 3. The molecule has 0 bridgehead atoms. The summed E-state index contributed by atoms with van der Waals surface area (Å²) in [6, 6.07) is 9.76. The Hall–Kier alpha value is -1.00. The molecule has 3 N–H and O–H groups in total. The Morgan fingerprint density at radius 1 is 1.40 bits per heavy atom. The fourth-order valence-corrected chi connectivity index (χ4v) is 3.41. The van der Waals surface area contributed by atoms with E-state index in [-0.39, 0.29) is 10.7 Å². The summed E-state index contributed by atoms with van der Waals surface area (Å²) in [7, 11) is 0. The van der Waals surface area contributed by atoms with Gasteiger partial charge in [-0.1, -0.05) is 36.8 Å². The fraction of sp³-hybridized carbons (Fsp3) is 0.562. The Balaban J connectivity index is 1.72. The van der Waals surface area contributed by atoms with Crippen molar-refractivity contribution in [3.8, 4) is 0 Å². The average Bonchev–Trinajstić information content (AvgIpc) is 2.45. The lowest BCUT2D eigenvalue weighted by Gasteiger charge is -2.40. The molecule has 3 nitrogen and oxygen atoms in total. The van der Waals surface area contributed by atoms with Crippen molar-refractivity contribution in [3.05, 3.63) is 35.9 Å². The molecule has 1 amide bonds. The Labute approximate surface area is 125 Å². The number of thioether (sulfide) groups is 1. The van der Waals surface area contributed by atoms with E-state index in [4.69, 9.17) is 5.73 Å². The van der Waals surface area contributed by atoms with Gasteiger partial charge in [0.05, 0.1) is 6.04 Å². The number of amides is 1. The molecule has 1 saturated carbocycles. The Morgan fingerprint density at radius 2 is 2.10 bits per heavy atom. The Morgan fingerprint density at radius 3 is 2.65 bits per heavy atom. The van der Waals surface area contributed by atoms with E-state index in [1.54, 1.807) is 0 Å². The van der Waals surface area contributed by atoms with Crippen LogP contribution in [0.4, 0.5) is 0 Å². The van der Waals surface area contributed by atoms with Crippen molar-refractivity contribution >= 4 is 17.7 Å². The topological polar surface area (TPSA) is 55.1 Å². The van der Waals surface area contributed by atoms with Crippen LogP contribution in [-0.2, 0) is 11.2 Å². The maximum Gasteiger partial charge on any atom is 0.236 e. The molecule has 0 aliphatic heterocycles. The second-order valence-corrected chi connectivity index (χ2v) is 6.86. The molecular formula is C16H24N2OS. The van der Waals surface area contributed by atoms with Crippen LogP contribution in [-0.4, -0.2) is 29.5 Å². The maximum atomic E-state index is 12.0. The van der Waals surface area contributed by atoms with E-state index in [1.807, 2.05) is 30.0 Å². The molecule has 0 spiro atoms. The van der Waals surface area contributed by atoms with Gasteiger partial charge < -0.3 is 11.1 Å². The van der Waals surface area contributed by atoms with Crippen LogP contribution in [0.25, 0.3) is 0 Å². The Bertz CT molecular complexity index is 426. The summed E-state index contributed by atoms with van der Waals surface area (Å²) < 4.78 is 0.273. The van der Waals surface area contributed by atoms with Crippen molar-refractivity contribution in [1.82, 2.24) is 5.32 Å². The highest BCUT2D eigenvalue weighted by molar-refractivity contribution is 8.00. The van der Waals surface area contributed by atoms with Crippen molar-refractivity contribution in [2.45, 2.75) is 42.9 Å². The van der Waals surface area contributed by atoms with Gasteiger partial charge in [0, 0.05) is 11.3 Å². The van der Waals surface area contributed by atoms with Crippen LogP contribution >= 0.6 is 11.8 Å². The lowest BCUT2D eigenvalue weighted by Crippen LogP contribution is -2.49. The van der Waals surface area contributed by atoms with Gasteiger partial charge in [-0.25, -0.2) is 0 Å². The second-order valence-electron chi connectivity index (χ2n) is 5.59. The number of nitrogens with two attached hydrogens (primary N) is 1. The van der Waals surface area contributed by atoms with E-state index in [0.717, 1.165) is 13.0 Å². The molecule has 0 saturated heterocycles.